The maximum Gasteiger partial charge on any atom is 0.225 e. The second kappa shape index (κ2) is 9.47. The zero-order chi connectivity index (χ0) is 21.8. The van der Waals surface area contributed by atoms with E-state index in [0.717, 1.165) is 42.4 Å². The lowest BCUT2D eigenvalue weighted by Gasteiger charge is -2.30. The first kappa shape index (κ1) is 21.3. The number of ether oxygens (including phenoxy) is 1. The first-order chi connectivity index (χ1) is 15.0. The summed E-state index contributed by atoms with van der Waals surface area (Å²) in [6.45, 7) is 0.506. The fourth-order valence-electron chi connectivity index (χ4n) is 4.16. The number of anilines is 2. The van der Waals surface area contributed by atoms with Crippen LogP contribution in [0.15, 0.2) is 42.5 Å². The zero-order valence-electron chi connectivity index (χ0n) is 18.4. The van der Waals surface area contributed by atoms with Crippen LogP contribution in [0.1, 0.15) is 31.2 Å². The largest absolute Gasteiger partial charge is 0.497 e. The molecule has 2 N–H and O–H groups in total. The second-order valence-corrected chi connectivity index (χ2v) is 8.31. The van der Waals surface area contributed by atoms with Crippen LogP contribution in [0.3, 0.4) is 0 Å². The number of aromatic nitrogens is 2. The Morgan fingerprint density at radius 1 is 1.03 bits per heavy atom. The van der Waals surface area contributed by atoms with Crippen LogP contribution in [0, 0.1) is 5.82 Å². The number of halogens is 1. The van der Waals surface area contributed by atoms with Crippen molar-refractivity contribution < 1.29 is 9.13 Å². The molecule has 6 nitrogen and oxygen atoms in total. The lowest BCUT2D eigenvalue weighted by atomic mass is 9.91. The van der Waals surface area contributed by atoms with Crippen molar-refractivity contribution >= 4 is 22.7 Å². The van der Waals surface area contributed by atoms with Crippen LogP contribution < -0.4 is 20.3 Å². The number of fused-ring (bicyclic) bond motifs is 1. The summed E-state index contributed by atoms with van der Waals surface area (Å²) in [5, 5.41) is 8.09. The normalized spacial score (nSPS) is 18.7. The van der Waals surface area contributed by atoms with Crippen molar-refractivity contribution in [3.05, 3.63) is 53.8 Å². The molecule has 0 atom stereocenters. The summed E-state index contributed by atoms with van der Waals surface area (Å²) in [6, 6.07) is 13.7. The van der Waals surface area contributed by atoms with E-state index in [4.69, 9.17) is 14.7 Å². The molecule has 0 saturated heterocycles. The van der Waals surface area contributed by atoms with Crippen LogP contribution in [0.4, 0.5) is 16.2 Å². The molecule has 0 unspecified atom stereocenters. The summed E-state index contributed by atoms with van der Waals surface area (Å²) in [5.41, 5.74) is 1.58. The van der Waals surface area contributed by atoms with Crippen LogP contribution in [0.5, 0.6) is 5.75 Å². The maximum absolute atomic E-state index is 14.0. The number of benzene rings is 2. The number of nitrogens with one attached hydrogen (secondary N) is 2. The molecule has 0 spiro atoms. The van der Waals surface area contributed by atoms with E-state index in [-0.39, 0.29) is 5.82 Å². The monoisotopic (exact) mass is 423 g/mol. The highest BCUT2D eigenvalue weighted by Crippen LogP contribution is 2.26. The van der Waals surface area contributed by atoms with Gasteiger partial charge in [-0.15, -0.1) is 0 Å². The van der Waals surface area contributed by atoms with Crippen molar-refractivity contribution in [1.29, 1.82) is 0 Å². The topological polar surface area (TPSA) is 62.3 Å². The molecule has 2 aromatic carbocycles. The van der Waals surface area contributed by atoms with Crippen molar-refractivity contribution in [3.63, 3.8) is 0 Å². The third-order valence-electron chi connectivity index (χ3n) is 5.90. The van der Waals surface area contributed by atoms with Crippen LogP contribution in [0.2, 0.25) is 0 Å². The van der Waals surface area contributed by atoms with E-state index in [1.807, 2.05) is 37.2 Å². The minimum Gasteiger partial charge on any atom is -0.497 e. The molecular weight excluding hydrogens is 393 g/mol. The lowest BCUT2D eigenvalue weighted by molar-refractivity contribution is 0.350. The predicted octanol–water partition coefficient (Wildman–Crippen LogP) is 4.36. The van der Waals surface area contributed by atoms with E-state index in [0.29, 0.717) is 35.9 Å². The number of hydrogen-bond acceptors (Lipinski definition) is 6. The average molecular weight is 424 g/mol. The Morgan fingerprint density at radius 2 is 1.77 bits per heavy atom. The van der Waals surface area contributed by atoms with Crippen LogP contribution in [-0.4, -0.2) is 43.3 Å². The quantitative estimate of drug-likeness (QED) is 0.589. The smallest absolute Gasteiger partial charge is 0.225 e. The van der Waals surface area contributed by atoms with Crippen LogP contribution in [-0.2, 0) is 6.54 Å². The molecule has 1 aromatic heterocycles. The summed E-state index contributed by atoms with van der Waals surface area (Å²) >= 11 is 0. The standard InChI is InChI=1S/C24H30FN5O/c1-30(2)23-20-6-4-5-7-22(20)28-24(29-23)27-18-10-8-17(9-11-18)26-15-16-14-19(31-3)12-13-21(16)25/h4-7,12-14,17-18,26H,8-11,15H2,1-3H3,(H,27,28,29)/t17-,18+. The van der Waals surface area contributed by atoms with Gasteiger partial charge in [-0.2, -0.15) is 4.98 Å². The Kier molecular flexibility index (Phi) is 6.51. The highest BCUT2D eigenvalue weighted by molar-refractivity contribution is 5.90. The summed E-state index contributed by atoms with van der Waals surface area (Å²) in [7, 11) is 5.60. The van der Waals surface area contributed by atoms with Gasteiger partial charge in [-0.1, -0.05) is 12.1 Å². The van der Waals surface area contributed by atoms with Gasteiger partial charge in [0.25, 0.3) is 0 Å². The van der Waals surface area contributed by atoms with Gasteiger partial charge in [-0.05, 0) is 56.0 Å². The molecule has 1 heterocycles. The molecule has 0 amide bonds. The predicted molar refractivity (Wildman–Crippen MR) is 123 cm³/mol. The van der Waals surface area contributed by atoms with Gasteiger partial charge < -0.3 is 20.3 Å². The zero-order valence-corrected chi connectivity index (χ0v) is 18.4. The van der Waals surface area contributed by atoms with Gasteiger partial charge in [0.05, 0.1) is 12.6 Å². The molecule has 0 radical (unpaired) electrons. The number of hydrogen-bond donors (Lipinski definition) is 2. The summed E-state index contributed by atoms with van der Waals surface area (Å²) < 4.78 is 19.2. The average Bonchev–Trinajstić information content (AvgIpc) is 2.79. The third kappa shape index (κ3) is 5.05. The number of methoxy groups -OCH3 is 1. The molecule has 0 aliphatic heterocycles. The van der Waals surface area contributed by atoms with Gasteiger partial charge in [0.2, 0.25) is 5.95 Å². The Bertz CT molecular complexity index is 1030. The second-order valence-electron chi connectivity index (χ2n) is 8.31. The van der Waals surface area contributed by atoms with Gasteiger partial charge in [0.15, 0.2) is 0 Å². The molecule has 3 aromatic rings. The first-order valence-electron chi connectivity index (χ1n) is 10.8. The lowest BCUT2D eigenvalue weighted by Crippen LogP contribution is -2.37. The van der Waals surface area contributed by atoms with E-state index >= 15 is 0 Å². The summed E-state index contributed by atoms with van der Waals surface area (Å²) in [6.07, 6.45) is 4.09. The van der Waals surface area contributed by atoms with Crippen molar-refractivity contribution in [1.82, 2.24) is 15.3 Å². The molecular formula is C24H30FN5O. The summed E-state index contributed by atoms with van der Waals surface area (Å²) in [4.78, 5) is 11.5. The van der Waals surface area contributed by atoms with Gasteiger partial charge >= 0.3 is 0 Å². The fraction of sp³-hybridized carbons (Fsp3) is 0.417. The molecule has 1 aliphatic carbocycles. The van der Waals surface area contributed by atoms with Gasteiger partial charge in [-0.25, -0.2) is 9.37 Å². The Hall–Kier alpha value is -2.93. The molecule has 31 heavy (non-hydrogen) atoms. The van der Waals surface area contributed by atoms with Gasteiger partial charge in [-0.3, -0.25) is 0 Å². The molecule has 4 rings (SSSR count). The Balaban J connectivity index is 1.34. The van der Waals surface area contributed by atoms with Gasteiger partial charge in [0.1, 0.15) is 17.4 Å². The maximum atomic E-state index is 14.0. The first-order valence-corrected chi connectivity index (χ1v) is 10.8. The highest BCUT2D eigenvalue weighted by Gasteiger charge is 2.22. The molecule has 1 fully saturated rings. The van der Waals surface area contributed by atoms with Crippen molar-refractivity contribution in [2.24, 2.45) is 0 Å². The fourth-order valence-corrected chi connectivity index (χ4v) is 4.16. The van der Waals surface area contributed by atoms with Crippen molar-refractivity contribution in [2.45, 2.75) is 44.3 Å². The number of para-hydroxylation sites is 1. The summed E-state index contributed by atoms with van der Waals surface area (Å²) in [5.74, 6) is 2.08. The SMILES string of the molecule is COc1ccc(F)c(CN[C@H]2CC[C@@H](Nc3nc(N(C)C)c4ccccc4n3)CC2)c1. The highest BCUT2D eigenvalue weighted by atomic mass is 19.1. The third-order valence-corrected chi connectivity index (χ3v) is 5.90. The van der Waals surface area contributed by atoms with Gasteiger partial charge in [0, 0.05) is 43.7 Å². The van der Waals surface area contributed by atoms with E-state index < -0.39 is 0 Å². The minimum atomic E-state index is -0.200. The minimum absolute atomic E-state index is 0.200. The van der Waals surface area contributed by atoms with Crippen LogP contribution >= 0.6 is 0 Å². The molecule has 0 bridgehead atoms. The molecule has 7 heteroatoms. The van der Waals surface area contributed by atoms with E-state index in [2.05, 4.69) is 16.7 Å². The van der Waals surface area contributed by atoms with E-state index in [9.17, 15) is 4.39 Å². The number of rotatable bonds is 7. The van der Waals surface area contributed by atoms with E-state index in [1.165, 1.54) is 6.07 Å². The van der Waals surface area contributed by atoms with Crippen molar-refractivity contribution in [3.8, 4) is 5.75 Å². The Labute approximate surface area is 182 Å². The molecule has 1 aliphatic rings. The molecule has 1 saturated carbocycles. The number of nitrogens with zero attached hydrogens (tertiary/aromatic N) is 3. The van der Waals surface area contributed by atoms with Crippen molar-refractivity contribution in [2.75, 3.05) is 31.4 Å². The Morgan fingerprint density at radius 3 is 2.52 bits per heavy atom. The molecule has 164 valence electrons. The van der Waals surface area contributed by atoms with Crippen LogP contribution in [0.25, 0.3) is 10.9 Å². The van der Waals surface area contributed by atoms with E-state index in [1.54, 1.807) is 19.2 Å².